The van der Waals surface area contributed by atoms with Gasteiger partial charge < -0.3 is 14.8 Å². The molecule has 32 heavy (non-hydrogen) atoms. The van der Waals surface area contributed by atoms with Crippen LogP contribution < -0.4 is 14.8 Å². The second-order valence-electron chi connectivity index (χ2n) is 7.57. The molecule has 168 valence electrons. The van der Waals surface area contributed by atoms with Crippen LogP contribution in [0.15, 0.2) is 63.7 Å². The lowest BCUT2D eigenvalue weighted by Crippen LogP contribution is -2.23. The summed E-state index contributed by atoms with van der Waals surface area (Å²) in [5.41, 5.74) is 1.26. The molecular formula is C24H25NO5S2. The van der Waals surface area contributed by atoms with Gasteiger partial charge in [0.05, 0.1) is 24.3 Å². The first-order valence-electron chi connectivity index (χ1n) is 10.5. The minimum atomic E-state index is -3.75. The number of amides is 1. The largest absolute Gasteiger partial charge is 0.493 e. The number of benzene rings is 2. The van der Waals surface area contributed by atoms with Gasteiger partial charge in [-0.05, 0) is 36.2 Å². The molecule has 0 unspecified atom stereocenters. The van der Waals surface area contributed by atoms with Crippen molar-refractivity contribution >= 4 is 32.8 Å². The fraction of sp³-hybridized carbons (Fsp3) is 0.292. The monoisotopic (exact) mass is 471 g/mol. The molecule has 1 aliphatic rings. The fourth-order valence-corrected chi connectivity index (χ4v) is 6.67. The number of anilines is 1. The molecule has 0 saturated heterocycles. The third kappa shape index (κ3) is 4.25. The molecule has 0 aliphatic carbocycles. The zero-order chi connectivity index (χ0) is 22.7. The van der Waals surface area contributed by atoms with Crippen molar-refractivity contribution in [2.75, 3.05) is 19.0 Å². The molecule has 0 saturated carbocycles. The van der Waals surface area contributed by atoms with Crippen LogP contribution in [0.5, 0.6) is 11.5 Å². The van der Waals surface area contributed by atoms with Crippen LogP contribution in [0.3, 0.4) is 0 Å². The van der Waals surface area contributed by atoms with Gasteiger partial charge in [-0.15, -0.1) is 11.3 Å². The molecule has 2 aromatic carbocycles. The number of thiophene rings is 1. The van der Waals surface area contributed by atoms with Crippen molar-refractivity contribution < 1.29 is 22.7 Å². The van der Waals surface area contributed by atoms with Crippen LogP contribution in [0.1, 0.15) is 42.5 Å². The molecule has 1 aliphatic heterocycles. The average molecular weight is 472 g/mol. The van der Waals surface area contributed by atoms with Gasteiger partial charge in [-0.1, -0.05) is 37.6 Å². The topological polar surface area (TPSA) is 81.7 Å². The van der Waals surface area contributed by atoms with Crippen molar-refractivity contribution in [1.82, 2.24) is 0 Å². The van der Waals surface area contributed by atoms with E-state index in [0.717, 1.165) is 23.3 Å². The van der Waals surface area contributed by atoms with Gasteiger partial charge in [0, 0.05) is 22.6 Å². The summed E-state index contributed by atoms with van der Waals surface area (Å²) >= 11 is 1.35. The Kier molecular flexibility index (Phi) is 6.53. The van der Waals surface area contributed by atoms with E-state index >= 15 is 0 Å². The molecule has 8 heteroatoms. The maximum Gasteiger partial charge on any atom is 0.225 e. The van der Waals surface area contributed by atoms with Gasteiger partial charge in [0.2, 0.25) is 15.7 Å². The number of rotatable bonds is 8. The van der Waals surface area contributed by atoms with Gasteiger partial charge in [-0.25, -0.2) is 8.42 Å². The lowest BCUT2D eigenvalue weighted by Gasteiger charge is -2.24. The van der Waals surface area contributed by atoms with E-state index < -0.39 is 9.84 Å². The first-order valence-corrected chi connectivity index (χ1v) is 12.8. The highest BCUT2D eigenvalue weighted by molar-refractivity contribution is 7.91. The Morgan fingerprint density at radius 2 is 1.91 bits per heavy atom. The number of unbranched alkanes of at least 4 members (excludes halogenated alkanes) is 1. The summed E-state index contributed by atoms with van der Waals surface area (Å²) in [4.78, 5) is 13.7. The summed E-state index contributed by atoms with van der Waals surface area (Å²) in [6, 6.07) is 13.9. The van der Waals surface area contributed by atoms with Gasteiger partial charge in [0.1, 0.15) is 4.90 Å². The summed E-state index contributed by atoms with van der Waals surface area (Å²) in [6.45, 7) is 2.70. The summed E-state index contributed by atoms with van der Waals surface area (Å²) < 4.78 is 37.8. The number of ether oxygens (including phenoxy) is 2. The first kappa shape index (κ1) is 22.4. The van der Waals surface area contributed by atoms with Crippen molar-refractivity contribution in [3.63, 3.8) is 0 Å². The molecule has 1 aromatic heterocycles. The van der Waals surface area contributed by atoms with Crippen molar-refractivity contribution in [3.05, 3.63) is 64.4 Å². The average Bonchev–Trinajstić information content (AvgIpc) is 3.24. The van der Waals surface area contributed by atoms with Gasteiger partial charge >= 0.3 is 0 Å². The molecule has 1 atom stereocenters. The Bertz CT molecular complexity index is 1220. The molecule has 6 nitrogen and oxygen atoms in total. The van der Waals surface area contributed by atoms with Crippen LogP contribution >= 0.6 is 11.3 Å². The number of hydrogen-bond acceptors (Lipinski definition) is 6. The van der Waals surface area contributed by atoms with Crippen molar-refractivity contribution in [1.29, 1.82) is 0 Å². The highest BCUT2D eigenvalue weighted by Crippen LogP contribution is 2.47. The van der Waals surface area contributed by atoms with Crippen LogP contribution in [0.2, 0.25) is 0 Å². The SMILES string of the molecule is CCCCOc1ccc([C@H]2CC(=O)Nc3c(S(=O)(=O)c4ccccc4)csc32)cc1OC. The molecule has 0 fully saturated rings. The molecule has 4 rings (SSSR count). The van der Waals surface area contributed by atoms with Crippen molar-refractivity contribution in [3.8, 4) is 11.5 Å². The van der Waals surface area contributed by atoms with Crippen LogP contribution in [0.4, 0.5) is 5.69 Å². The minimum absolute atomic E-state index is 0.133. The first-order chi connectivity index (χ1) is 15.5. The summed E-state index contributed by atoms with van der Waals surface area (Å²) in [7, 11) is -2.16. The van der Waals surface area contributed by atoms with Crippen molar-refractivity contribution in [2.45, 2.75) is 41.9 Å². The number of carbonyl (C=O) groups excluding carboxylic acids is 1. The maximum absolute atomic E-state index is 13.2. The van der Waals surface area contributed by atoms with Crippen LogP contribution in [-0.2, 0) is 14.6 Å². The summed E-state index contributed by atoms with van der Waals surface area (Å²) in [5.74, 6) is 0.776. The predicted molar refractivity (Wildman–Crippen MR) is 125 cm³/mol. The zero-order valence-corrected chi connectivity index (χ0v) is 19.6. The normalized spacial score (nSPS) is 15.7. The quantitative estimate of drug-likeness (QED) is 0.454. The van der Waals surface area contributed by atoms with E-state index in [9.17, 15) is 13.2 Å². The van der Waals surface area contributed by atoms with E-state index in [1.807, 2.05) is 18.2 Å². The van der Waals surface area contributed by atoms with E-state index in [1.54, 1.807) is 42.8 Å². The Balaban J connectivity index is 1.72. The standard InChI is InChI=1S/C24H25NO5S2/c1-3-4-12-30-19-11-10-16(13-20(19)29-2)18-14-22(26)25-23-21(15-31-24(18)23)32(27,28)17-8-6-5-7-9-17/h5-11,13,15,18H,3-4,12,14H2,1-2H3,(H,25,26)/t18-/m1/s1. The van der Waals surface area contributed by atoms with Gasteiger partial charge in [0.25, 0.3) is 0 Å². The Hall–Kier alpha value is -2.84. The van der Waals surface area contributed by atoms with E-state index in [0.29, 0.717) is 23.8 Å². The van der Waals surface area contributed by atoms with E-state index in [-0.39, 0.29) is 28.0 Å². The van der Waals surface area contributed by atoms with E-state index in [4.69, 9.17) is 9.47 Å². The number of fused-ring (bicyclic) bond motifs is 1. The molecule has 0 bridgehead atoms. The van der Waals surface area contributed by atoms with Gasteiger partial charge in [0.15, 0.2) is 11.5 Å². The number of nitrogens with one attached hydrogen (secondary N) is 1. The lowest BCUT2D eigenvalue weighted by atomic mass is 9.90. The molecular weight excluding hydrogens is 446 g/mol. The third-order valence-corrected chi connectivity index (χ3v) is 8.48. The van der Waals surface area contributed by atoms with Crippen LogP contribution in [0.25, 0.3) is 0 Å². The molecule has 0 spiro atoms. The van der Waals surface area contributed by atoms with E-state index in [1.165, 1.54) is 11.3 Å². The highest BCUT2D eigenvalue weighted by Gasteiger charge is 2.34. The smallest absolute Gasteiger partial charge is 0.225 e. The predicted octanol–water partition coefficient (Wildman–Crippen LogP) is 5.24. The molecule has 3 aromatic rings. The van der Waals surface area contributed by atoms with E-state index in [2.05, 4.69) is 12.2 Å². The zero-order valence-electron chi connectivity index (χ0n) is 18.0. The summed E-state index contributed by atoms with van der Waals surface area (Å²) in [6.07, 6.45) is 2.22. The number of sulfone groups is 1. The fourth-order valence-electron chi connectivity index (χ4n) is 3.74. The van der Waals surface area contributed by atoms with Crippen molar-refractivity contribution in [2.24, 2.45) is 0 Å². The molecule has 1 N–H and O–H groups in total. The minimum Gasteiger partial charge on any atom is -0.493 e. The third-order valence-electron chi connectivity index (χ3n) is 5.44. The second kappa shape index (κ2) is 9.34. The second-order valence-corrected chi connectivity index (χ2v) is 10.4. The van der Waals surface area contributed by atoms with Gasteiger partial charge in [-0.3, -0.25) is 4.79 Å². The Morgan fingerprint density at radius 3 is 2.62 bits per heavy atom. The number of hydrogen-bond donors (Lipinski definition) is 1. The summed E-state index contributed by atoms with van der Waals surface area (Å²) in [5, 5.41) is 4.41. The number of methoxy groups -OCH3 is 1. The number of carbonyl (C=O) groups is 1. The van der Waals surface area contributed by atoms with Crippen LogP contribution in [-0.4, -0.2) is 28.0 Å². The van der Waals surface area contributed by atoms with Crippen LogP contribution in [0, 0.1) is 0 Å². The molecule has 2 heterocycles. The lowest BCUT2D eigenvalue weighted by molar-refractivity contribution is -0.116. The highest BCUT2D eigenvalue weighted by atomic mass is 32.2. The maximum atomic E-state index is 13.2. The van der Waals surface area contributed by atoms with Gasteiger partial charge in [-0.2, -0.15) is 0 Å². The Morgan fingerprint density at radius 1 is 1.12 bits per heavy atom. The molecule has 1 amide bonds. The Labute approximate surface area is 192 Å². The molecule has 0 radical (unpaired) electrons.